The summed E-state index contributed by atoms with van der Waals surface area (Å²) in [6, 6.07) is 1.77. The molecule has 0 radical (unpaired) electrons. The number of aromatic nitrogens is 1. The number of hydrogen-bond donors (Lipinski definition) is 1. The van der Waals surface area contributed by atoms with Crippen molar-refractivity contribution in [3.05, 3.63) is 28.5 Å². The van der Waals surface area contributed by atoms with E-state index in [1.54, 1.807) is 18.5 Å². The quantitative estimate of drug-likeness (QED) is 0.844. The number of amides is 1. The number of rotatable bonds is 4. The smallest absolute Gasteiger partial charge is 0.252 e. The van der Waals surface area contributed by atoms with Gasteiger partial charge in [0.2, 0.25) is 0 Å². The predicted molar refractivity (Wildman–Crippen MR) is 80.5 cm³/mol. The van der Waals surface area contributed by atoms with Crippen LogP contribution in [0.3, 0.4) is 0 Å². The lowest BCUT2D eigenvalue weighted by molar-refractivity contribution is 0.0920. The molecule has 1 heterocycles. The van der Waals surface area contributed by atoms with Gasteiger partial charge >= 0.3 is 0 Å². The fraction of sp³-hybridized carbons (Fsp3) is 0.571. The van der Waals surface area contributed by atoms with Crippen molar-refractivity contribution in [3.8, 4) is 0 Å². The minimum Gasteiger partial charge on any atom is -0.351 e. The minimum atomic E-state index is -0.0798. The second-order valence-electron chi connectivity index (χ2n) is 5.27. The fourth-order valence-electron chi connectivity index (χ4n) is 2.57. The summed E-state index contributed by atoms with van der Waals surface area (Å²) in [4.78, 5) is 16.1. The lowest BCUT2D eigenvalue weighted by Gasteiger charge is -2.35. The second kappa shape index (κ2) is 6.71. The Morgan fingerprint density at radius 3 is 2.74 bits per heavy atom. The van der Waals surface area contributed by atoms with Crippen LogP contribution in [0.5, 0.6) is 0 Å². The van der Waals surface area contributed by atoms with Crippen molar-refractivity contribution in [2.45, 2.75) is 32.1 Å². The number of nitrogens with one attached hydrogen (secondary N) is 1. The fourth-order valence-corrected chi connectivity index (χ4v) is 3.29. The average Bonchev–Trinajstić information content (AvgIpc) is 2.46. The largest absolute Gasteiger partial charge is 0.351 e. The van der Waals surface area contributed by atoms with Gasteiger partial charge in [0.25, 0.3) is 5.91 Å². The summed E-state index contributed by atoms with van der Waals surface area (Å²) in [5.41, 5.74) is 0.657. The number of pyridine rings is 1. The van der Waals surface area contributed by atoms with E-state index < -0.39 is 0 Å². The molecule has 2 rings (SSSR count). The number of carbonyl (C=O) groups excluding carboxylic acids is 1. The van der Waals surface area contributed by atoms with Crippen LogP contribution in [0.25, 0.3) is 0 Å². The standard InChI is InChI=1S/C14H18BrClN2O/c15-12-6-11(7-17-8-12)13(19)18-10-14(9-16)4-2-1-3-5-14/h6-8H,1-5,9-10H2,(H,18,19). The zero-order chi connectivity index (χ0) is 13.7. The summed E-state index contributed by atoms with van der Waals surface area (Å²) in [5.74, 6) is 0.535. The van der Waals surface area contributed by atoms with Crippen LogP contribution in [-0.2, 0) is 0 Å². The van der Waals surface area contributed by atoms with Gasteiger partial charge in [0, 0.05) is 34.7 Å². The SMILES string of the molecule is O=C(NCC1(CCl)CCCCC1)c1cncc(Br)c1. The number of nitrogens with zero attached hydrogens (tertiary/aromatic N) is 1. The number of hydrogen-bond acceptors (Lipinski definition) is 2. The molecule has 1 fully saturated rings. The maximum atomic E-state index is 12.1. The summed E-state index contributed by atoms with van der Waals surface area (Å²) in [7, 11) is 0. The molecule has 5 heteroatoms. The average molecular weight is 346 g/mol. The number of carbonyl (C=O) groups is 1. The highest BCUT2D eigenvalue weighted by atomic mass is 79.9. The molecule has 3 nitrogen and oxygen atoms in total. The van der Waals surface area contributed by atoms with Crippen molar-refractivity contribution in [1.29, 1.82) is 0 Å². The molecule has 1 aliphatic rings. The van der Waals surface area contributed by atoms with Crippen LogP contribution in [0.4, 0.5) is 0 Å². The van der Waals surface area contributed by atoms with Gasteiger partial charge in [0.1, 0.15) is 0 Å². The Hall–Kier alpha value is -0.610. The van der Waals surface area contributed by atoms with Crippen molar-refractivity contribution < 1.29 is 4.79 Å². The molecule has 0 spiro atoms. The zero-order valence-corrected chi connectivity index (χ0v) is 13.1. The lowest BCUT2D eigenvalue weighted by atomic mass is 9.75. The van der Waals surface area contributed by atoms with Gasteiger partial charge in [-0.05, 0) is 34.8 Å². The van der Waals surface area contributed by atoms with Crippen LogP contribution in [0.1, 0.15) is 42.5 Å². The Morgan fingerprint density at radius 2 is 2.11 bits per heavy atom. The Kier molecular flexibility index (Phi) is 5.22. The molecule has 1 aliphatic carbocycles. The molecule has 1 aromatic heterocycles. The molecule has 0 bridgehead atoms. The first-order chi connectivity index (χ1) is 9.15. The van der Waals surface area contributed by atoms with Crippen LogP contribution in [0, 0.1) is 5.41 Å². The molecule has 0 aliphatic heterocycles. The molecule has 104 valence electrons. The van der Waals surface area contributed by atoms with Gasteiger partial charge in [-0.2, -0.15) is 0 Å². The van der Waals surface area contributed by atoms with E-state index >= 15 is 0 Å². The molecule has 1 N–H and O–H groups in total. The first kappa shape index (κ1) is 14.8. The van der Waals surface area contributed by atoms with E-state index in [4.69, 9.17) is 11.6 Å². The first-order valence-corrected chi connectivity index (χ1v) is 7.93. The monoisotopic (exact) mass is 344 g/mol. The topological polar surface area (TPSA) is 42.0 Å². The molecule has 0 aromatic carbocycles. The number of halogens is 2. The van der Waals surface area contributed by atoms with Crippen molar-refractivity contribution in [1.82, 2.24) is 10.3 Å². The van der Waals surface area contributed by atoms with E-state index in [1.807, 2.05) is 0 Å². The molecule has 1 amide bonds. The van der Waals surface area contributed by atoms with E-state index in [0.29, 0.717) is 18.0 Å². The van der Waals surface area contributed by atoms with Crippen molar-refractivity contribution in [3.63, 3.8) is 0 Å². The summed E-state index contributed by atoms with van der Waals surface area (Å²) in [5, 5.41) is 3.00. The maximum absolute atomic E-state index is 12.1. The van der Waals surface area contributed by atoms with Crippen LogP contribution >= 0.6 is 27.5 Å². The van der Waals surface area contributed by atoms with Crippen molar-refractivity contribution >= 4 is 33.4 Å². The molecule has 19 heavy (non-hydrogen) atoms. The van der Waals surface area contributed by atoms with Gasteiger partial charge in [-0.3, -0.25) is 9.78 Å². The molecular weight excluding hydrogens is 328 g/mol. The van der Waals surface area contributed by atoms with Crippen molar-refractivity contribution in [2.75, 3.05) is 12.4 Å². The molecule has 1 saturated carbocycles. The normalized spacial score (nSPS) is 18.0. The van der Waals surface area contributed by atoms with Crippen molar-refractivity contribution in [2.24, 2.45) is 5.41 Å². The van der Waals surface area contributed by atoms with Gasteiger partial charge < -0.3 is 5.32 Å². The molecule has 0 atom stereocenters. The van der Waals surface area contributed by atoms with Crippen LogP contribution < -0.4 is 5.32 Å². The highest BCUT2D eigenvalue weighted by Gasteiger charge is 2.31. The molecule has 1 aromatic rings. The van der Waals surface area contributed by atoms with E-state index in [0.717, 1.165) is 17.3 Å². The molecular formula is C14H18BrClN2O. The summed E-state index contributed by atoms with van der Waals surface area (Å²) < 4.78 is 0.810. The Balaban J connectivity index is 1.95. The Labute approximate surface area is 127 Å². The summed E-state index contributed by atoms with van der Waals surface area (Å²) in [6.45, 7) is 0.655. The van der Waals surface area contributed by atoms with Gasteiger partial charge in [0.15, 0.2) is 0 Å². The molecule has 0 saturated heterocycles. The van der Waals surface area contributed by atoms with Gasteiger partial charge in [-0.25, -0.2) is 0 Å². The highest BCUT2D eigenvalue weighted by Crippen LogP contribution is 2.36. The van der Waals surface area contributed by atoms with Gasteiger partial charge in [-0.1, -0.05) is 19.3 Å². The van der Waals surface area contributed by atoms with Crippen LogP contribution in [0.15, 0.2) is 22.9 Å². The third-order valence-corrected chi connectivity index (χ3v) is 4.79. The van der Waals surface area contributed by atoms with E-state index in [-0.39, 0.29) is 11.3 Å². The summed E-state index contributed by atoms with van der Waals surface area (Å²) in [6.07, 6.45) is 9.15. The van der Waals surface area contributed by atoms with Crippen LogP contribution in [-0.4, -0.2) is 23.3 Å². The Bertz CT molecular complexity index is 447. The first-order valence-electron chi connectivity index (χ1n) is 6.60. The van der Waals surface area contributed by atoms with Gasteiger partial charge in [-0.15, -0.1) is 11.6 Å². The molecule has 0 unspecified atom stereocenters. The van der Waals surface area contributed by atoms with Crippen LogP contribution in [0.2, 0.25) is 0 Å². The van der Waals surface area contributed by atoms with E-state index in [2.05, 4.69) is 26.2 Å². The minimum absolute atomic E-state index is 0.0783. The van der Waals surface area contributed by atoms with E-state index in [1.165, 1.54) is 19.3 Å². The lowest BCUT2D eigenvalue weighted by Crippen LogP contribution is -2.40. The zero-order valence-electron chi connectivity index (χ0n) is 10.8. The Morgan fingerprint density at radius 1 is 1.37 bits per heavy atom. The van der Waals surface area contributed by atoms with E-state index in [9.17, 15) is 4.79 Å². The van der Waals surface area contributed by atoms with Gasteiger partial charge in [0.05, 0.1) is 5.56 Å². The maximum Gasteiger partial charge on any atom is 0.252 e. The third kappa shape index (κ3) is 3.93. The second-order valence-corrected chi connectivity index (χ2v) is 6.45. The number of alkyl halides is 1. The highest BCUT2D eigenvalue weighted by molar-refractivity contribution is 9.10. The summed E-state index contributed by atoms with van der Waals surface area (Å²) >= 11 is 9.44. The predicted octanol–water partition coefficient (Wildman–Crippen LogP) is 3.76. The third-order valence-electron chi connectivity index (χ3n) is 3.79.